The Morgan fingerprint density at radius 3 is 2.84 bits per heavy atom. The Bertz CT molecular complexity index is 396. The van der Waals surface area contributed by atoms with Crippen molar-refractivity contribution in [1.82, 2.24) is 10.2 Å². The molecular formula is C13H21BrN2O2S. The Morgan fingerprint density at radius 1 is 1.58 bits per heavy atom. The largest absolute Gasteiger partial charge is 0.382 e. The zero-order valence-corrected chi connectivity index (χ0v) is 14.0. The quantitative estimate of drug-likeness (QED) is 0.734. The monoisotopic (exact) mass is 348 g/mol. The highest BCUT2D eigenvalue weighted by atomic mass is 79.9. The highest BCUT2D eigenvalue weighted by Crippen LogP contribution is 2.28. The molecule has 0 fully saturated rings. The number of amides is 1. The summed E-state index contributed by atoms with van der Waals surface area (Å²) in [7, 11) is 3.83. The van der Waals surface area contributed by atoms with Gasteiger partial charge in [-0.25, -0.2) is 0 Å². The van der Waals surface area contributed by atoms with E-state index in [1.54, 1.807) is 11.3 Å². The molecule has 0 aliphatic heterocycles. The van der Waals surface area contributed by atoms with E-state index in [0.717, 1.165) is 22.4 Å². The predicted octanol–water partition coefficient (Wildman–Crippen LogP) is 2.66. The number of thiophene rings is 1. The van der Waals surface area contributed by atoms with Crippen LogP contribution in [0, 0.1) is 0 Å². The first-order valence-corrected chi connectivity index (χ1v) is 7.99. The van der Waals surface area contributed by atoms with Crippen LogP contribution in [-0.2, 0) is 9.53 Å². The topological polar surface area (TPSA) is 41.6 Å². The third-order valence-electron chi connectivity index (χ3n) is 2.59. The van der Waals surface area contributed by atoms with E-state index in [9.17, 15) is 4.79 Å². The van der Waals surface area contributed by atoms with Gasteiger partial charge in [-0.05, 0) is 49.4 Å². The first kappa shape index (κ1) is 16.6. The van der Waals surface area contributed by atoms with Gasteiger partial charge in [0.15, 0.2) is 0 Å². The van der Waals surface area contributed by atoms with E-state index in [1.807, 2.05) is 37.4 Å². The highest BCUT2D eigenvalue weighted by Gasteiger charge is 2.23. The molecule has 6 heteroatoms. The van der Waals surface area contributed by atoms with E-state index in [0.29, 0.717) is 13.2 Å². The first-order valence-electron chi connectivity index (χ1n) is 6.32. The Morgan fingerprint density at radius 2 is 2.32 bits per heavy atom. The van der Waals surface area contributed by atoms with Crippen LogP contribution in [-0.4, -0.2) is 44.7 Å². The van der Waals surface area contributed by atoms with Crippen LogP contribution in [0.25, 0.3) is 0 Å². The van der Waals surface area contributed by atoms with E-state index in [1.165, 1.54) is 0 Å². The Hall–Kier alpha value is -0.430. The molecule has 0 aliphatic carbocycles. The zero-order valence-electron chi connectivity index (χ0n) is 11.6. The van der Waals surface area contributed by atoms with Crippen molar-refractivity contribution in [2.75, 3.05) is 33.9 Å². The van der Waals surface area contributed by atoms with Crippen molar-refractivity contribution in [1.29, 1.82) is 0 Å². The number of hydrogen-bond acceptors (Lipinski definition) is 4. The van der Waals surface area contributed by atoms with E-state index < -0.39 is 0 Å². The molecule has 108 valence electrons. The average molecular weight is 349 g/mol. The van der Waals surface area contributed by atoms with Crippen LogP contribution in [0.3, 0.4) is 0 Å². The molecule has 0 aromatic carbocycles. The third kappa shape index (κ3) is 5.60. The molecule has 0 unspecified atom stereocenters. The smallest absolute Gasteiger partial charge is 0.242 e. The van der Waals surface area contributed by atoms with E-state index in [-0.39, 0.29) is 11.9 Å². The second kappa shape index (κ2) is 8.68. The number of carbonyl (C=O) groups excluding carboxylic acids is 1. The first-order chi connectivity index (χ1) is 9.06. The van der Waals surface area contributed by atoms with Crippen LogP contribution in [0.5, 0.6) is 0 Å². The lowest BCUT2D eigenvalue weighted by atomic mass is 10.2. The second-order valence-electron chi connectivity index (χ2n) is 4.37. The van der Waals surface area contributed by atoms with Crippen molar-refractivity contribution in [3.8, 4) is 0 Å². The number of carbonyl (C=O) groups is 1. The van der Waals surface area contributed by atoms with Crippen LogP contribution in [0.1, 0.15) is 24.3 Å². The predicted molar refractivity (Wildman–Crippen MR) is 82.6 cm³/mol. The van der Waals surface area contributed by atoms with Crippen LogP contribution < -0.4 is 5.32 Å². The summed E-state index contributed by atoms with van der Waals surface area (Å²) in [4.78, 5) is 15.2. The van der Waals surface area contributed by atoms with Gasteiger partial charge in [-0.1, -0.05) is 0 Å². The summed E-state index contributed by atoms with van der Waals surface area (Å²) in [5.41, 5.74) is 0. The summed E-state index contributed by atoms with van der Waals surface area (Å²) in [6.45, 7) is 4.02. The number of nitrogens with zero attached hydrogens (tertiary/aromatic N) is 1. The summed E-state index contributed by atoms with van der Waals surface area (Å²) >= 11 is 5.01. The van der Waals surface area contributed by atoms with Gasteiger partial charge in [0.1, 0.15) is 6.04 Å². The molecule has 1 heterocycles. The fraction of sp³-hybridized carbons (Fsp3) is 0.615. The van der Waals surface area contributed by atoms with Crippen LogP contribution in [0.4, 0.5) is 0 Å². The standard InChI is InChI=1S/C13H21BrN2O2S/c1-4-18-7-5-6-15-13(17)12(16(2)3)11-8-10(14)9-19-11/h8-9,12H,4-7H2,1-3H3,(H,15,17)/t12-/m1/s1. The van der Waals surface area contributed by atoms with Crippen molar-refractivity contribution in [3.63, 3.8) is 0 Å². The highest BCUT2D eigenvalue weighted by molar-refractivity contribution is 9.10. The van der Waals surface area contributed by atoms with Crippen LogP contribution >= 0.6 is 27.3 Å². The minimum atomic E-state index is -0.233. The molecule has 1 rings (SSSR count). The summed E-state index contributed by atoms with van der Waals surface area (Å²) in [6, 6.07) is 1.76. The average Bonchev–Trinajstić information content (AvgIpc) is 2.75. The summed E-state index contributed by atoms with van der Waals surface area (Å²) < 4.78 is 6.26. The van der Waals surface area contributed by atoms with E-state index >= 15 is 0 Å². The minimum Gasteiger partial charge on any atom is -0.382 e. The lowest BCUT2D eigenvalue weighted by Gasteiger charge is -2.22. The van der Waals surface area contributed by atoms with Crippen molar-refractivity contribution in [2.45, 2.75) is 19.4 Å². The molecule has 0 bridgehead atoms. The number of hydrogen-bond donors (Lipinski definition) is 1. The molecule has 1 atom stereocenters. The van der Waals surface area contributed by atoms with Gasteiger partial charge in [0.05, 0.1) is 0 Å². The van der Waals surface area contributed by atoms with Gasteiger partial charge < -0.3 is 10.1 Å². The molecule has 0 spiro atoms. The Kier molecular flexibility index (Phi) is 7.60. The normalized spacial score (nSPS) is 12.7. The Labute approximate surface area is 127 Å². The number of ether oxygens (including phenoxy) is 1. The van der Waals surface area contributed by atoms with Crippen molar-refractivity contribution in [3.05, 3.63) is 20.8 Å². The van der Waals surface area contributed by atoms with E-state index in [2.05, 4.69) is 21.2 Å². The van der Waals surface area contributed by atoms with Crippen LogP contribution in [0.15, 0.2) is 15.9 Å². The van der Waals surface area contributed by atoms with Gasteiger partial charge >= 0.3 is 0 Å². The van der Waals surface area contributed by atoms with Crippen molar-refractivity contribution >= 4 is 33.2 Å². The fourth-order valence-electron chi connectivity index (χ4n) is 1.72. The number of nitrogens with one attached hydrogen (secondary N) is 1. The molecule has 0 saturated carbocycles. The maximum absolute atomic E-state index is 12.2. The maximum atomic E-state index is 12.2. The SMILES string of the molecule is CCOCCCNC(=O)[C@@H](c1cc(Br)cs1)N(C)C. The molecule has 1 N–H and O–H groups in total. The number of halogens is 1. The molecule has 1 amide bonds. The lowest BCUT2D eigenvalue weighted by molar-refractivity contribution is -0.125. The van der Waals surface area contributed by atoms with E-state index in [4.69, 9.17) is 4.74 Å². The summed E-state index contributed by atoms with van der Waals surface area (Å²) in [5, 5.41) is 4.96. The molecule has 0 saturated heterocycles. The summed E-state index contributed by atoms with van der Waals surface area (Å²) in [6.07, 6.45) is 0.841. The zero-order chi connectivity index (χ0) is 14.3. The molecular weight excluding hydrogens is 328 g/mol. The van der Waals surface area contributed by atoms with Gasteiger partial charge in [-0.15, -0.1) is 11.3 Å². The molecule has 19 heavy (non-hydrogen) atoms. The molecule has 0 aliphatic rings. The Balaban J connectivity index is 2.50. The molecule has 4 nitrogen and oxygen atoms in total. The van der Waals surface area contributed by atoms with Crippen molar-refractivity contribution in [2.24, 2.45) is 0 Å². The van der Waals surface area contributed by atoms with Gasteiger partial charge in [-0.3, -0.25) is 9.69 Å². The number of rotatable bonds is 8. The van der Waals surface area contributed by atoms with Gasteiger partial charge in [0.25, 0.3) is 0 Å². The molecule has 1 aromatic rings. The maximum Gasteiger partial charge on any atom is 0.242 e. The van der Waals surface area contributed by atoms with Crippen molar-refractivity contribution < 1.29 is 9.53 Å². The van der Waals surface area contributed by atoms with Gasteiger partial charge in [-0.2, -0.15) is 0 Å². The third-order valence-corrected chi connectivity index (χ3v) is 4.34. The molecule has 0 radical (unpaired) electrons. The fourth-order valence-corrected chi connectivity index (χ4v) is 3.35. The minimum absolute atomic E-state index is 0.0378. The van der Waals surface area contributed by atoms with Crippen LogP contribution in [0.2, 0.25) is 0 Å². The second-order valence-corrected chi connectivity index (χ2v) is 6.23. The lowest BCUT2D eigenvalue weighted by Crippen LogP contribution is -2.37. The van der Waals surface area contributed by atoms with Gasteiger partial charge in [0, 0.05) is 34.5 Å². The van der Waals surface area contributed by atoms with Gasteiger partial charge in [0.2, 0.25) is 5.91 Å². The molecule has 1 aromatic heterocycles. The summed E-state index contributed by atoms with van der Waals surface area (Å²) in [5.74, 6) is 0.0378. The number of likely N-dealkylation sites (N-methyl/N-ethyl adjacent to an activating group) is 1.